The molecule has 1 unspecified atom stereocenters. The molecule has 0 radical (unpaired) electrons. The predicted octanol–water partition coefficient (Wildman–Crippen LogP) is 7.55. The Morgan fingerprint density at radius 1 is 0.962 bits per heavy atom. The van der Waals surface area contributed by atoms with E-state index >= 15 is 4.39 Å². The lowest BCUT2D eigenvalue weighted by Crippen LogP contribution is -2.07. The molecule has 26 heavy (non-hydrogen) atoms. The molecule has 0 nitrogen and oxygen atoms in total. The van der Waals surface area contributed by atoms with Crippen molar-refractivity contribution in [3.8, 4) is 0 Å². The highest BCUT2D eigenvalue weighted by atomic mass is 32.1. The molecule has 4 rings (SSSR count). The van der Waals surface area contributed by atoms with Crippen LogP contribution < -0.4 is 0 Å². The molecular weight excluding hydrogens is 367 g/mol. The van der Waals surface area contributed by atoms with Gasteiger partial charge in [-0.2, -0.15) is 13.2 Å². The van der Waals surface area contributed by atoms with E-state index in [1.54, 1.807) is 12.1 Å². The van der Waals surface area contributed by atoms with E-state index < -0.39 is 23.4 Å². The summed E-state index contributed by atoms with van der Waals surface area (Å²) >= 11 is 0.747. The molecule has 1 atom stereocenters. The minimum atomic E-state index is -4.78. The van der Waals surface area contributed by atoms with E-state index in [0.29, 0.717) is 22.3 Å². The Morgan fingerprint density at radius 2 is 1.62 bits per heavy atom. The van der Waals surface area contributed by atoms with E-state index in [-0.39, 0.29) is 9.40 Å². The van der Waals surface area contributed by atoms with Gasteiger partial charge < -0.3 is 0 Å². The Bertz CT molecular complexity index is 1040. The number of halogens is 5. The minimum Gasteiger partial charge on any atom is -0.205 e. The molecule has 0 bridgehead atoms. The maximum atomic E-state index is 15.1. The standard InChI is InChI=1S/C20H15F5S/c1-10-2-4-11(5-3-10)12-6-7-13-14-8-9-15(20(23,24)25)17(22)19(14)26-18(13)16(12)21/h4,6-10H,2-3,5H2,1H3. The highest BCUT2D eigenvalue weighted by molar-refractivity contribution is 7.25. The summed E-state index contributed by atoms with van der Waals surface area (Å²) in [7, 11) is 0. The zero-order valence-corrected chi connectivity index (χ0v) is 14.7. The fourth-order valence-electron chi connectivity index (χ4n) is 3.51. The molecule has 2 aromatic carbocycles. The molecule has 0 amide bonds. The number of alkyl halides is 3. The van der Waals surface area contributed by atoms with Gasteiger partial charge in [0.05, 0.1) is 15.0 Å². The van der Waals surface area contributed by atoms with Gasteiger partial charge in [-0.05, 0) is 36.8 Å². The molecule has 0 spiro atoms. The topological polar surface area (TPSA) is 0 Å². The first-order valence-electron chi connectivity index (χ1n) is 8.37. The van der Waals surface area contributed by atoms with Crippen LogP contribution in [0.15, 0.2) is 30.3 Å². The summed E-state index contributed by atoms with van der Waals surface area (Å²) in [5, 5.41) is 0.760. The predicted molar refractivity (Wildman–Crippen MR) is 95.2 cm³/mol. The maximum absolute atomic E-state index is 15.1. The van der Waals surface area contributed by atoms with Crippen molar-refractivity contribution in [1.29, 1.82) is 0 Å². The van der Waals surface area contributed by atoms with Crippen LogP contribution in [0.2, 0.25) is 0 Å². The van der Waals surface area contributed by atoms with Crippen LogP contribution in [0.1, 0.15) is 37.3 Å². The van der Waals surface area contributed by atoms with Crippen LogP contribution in [0.4, 0.5) is 22.0 Å². The number of allylic oxidation sites excluding steroid dienone is 2. The van der Waals surface area contributed by atoms with Crippen LogP contribution in [0.25, 0.3) is 25.7 Å². The first-order chi connectivity index (χ1) is 12.3. The van der Waals surface area contributed by atoms with E-state index in [0.717, 1.165) is 42.2 Å². The third-order valence-corrected chi connectivity index (χ3v) is 6.22. The van der Waals surface area contributed by atoms with Crippen molar-refractivity contribution in [2.24, 2.45) is 5.92 Å². The lowest BCUT2D eigenvalue weighted by Gasteiger charge is -2.19. The number of thiophene rings is 1. The van der Waals surface area contributed by atoms with Gasteiger partial charge in [-0.1, -0.05) is 31.2 Å². The molecule has 0 N–H and O–H groups in total. The van der Waals surface area contributed by atoms with Gasteiger partial charge in [0, 0.05) is 16.3 Å². The van der Waals surface area contributed by atoms with Crippen LogP contribution in [-0.4, -0.2) is 0 Å². The highest BCUT2D eigenvalue weighted by Crippen LogP contribution is 2.43. The zero-order valence-electron chi connectivity index (χ0n) is 13.9. The molecule has 1 aliphatic carbocycles. The van der Waals surface area contributed by atoms with Crippen molar-refractivity contribution in [3.05, 3.63) is 53.1 Å². The third-order valence-electron chi connectivity index (χ3n) is 5.01. The molecule has 3 aromatic rings. The minimum absolute atomic E-state index is 0.155. The first kappa shape index (κ1) is 17.5. The SMILES string of the molecule is CC1CC=C(c2ccc3c(sc4c(F)c(C(F)(F)F)ccc43)c2F)CC1. The van der Waals surface area contributed by atoms with Crippen molar-refractivity contribution in [3.63, 3.8) is 0 Å². The summed E-state index contributed by atoms with van der Waals surface area (Å²) in [6, 6.07) is 5.28. The summed E-state index contributed by atoms with van der Waals surface area (Å²) in [5.74, 6) is -1.25. The number of benzene rings is 2. The van der Waals surface area contributed by atoms with Crippen molar-refractivity contribution < 1.29 is 22.0 Å². The first-order valence-corrected chi connectivity index (χ1v) is 9.19. The molecule has 0 saturated heterocycles. The number of fused-ring (bicyclic) bond motifs is 3. The number of rotatable bonds is 1. The van der Waals surface area contributed by atoms with Crippen molar-refractivity contribution in [2.75, 3.05) is 0 Å². The van der Waals surface area contributed by atoms with Crippen molar-refractivity contribution in [2.45, 2.75) is 32.4 Å². The van der Waals surface area contributed by atoms with E-state index in [1.165, 1.54) is 6.07 Å². The number of hydrogen-bond donors (Lipinski definition) is 0. The smallest absolute Gasteiger partial charge is 0.205 e. The summed E-state index contributed by atoms with van der Waals surface area (Å²) in [6.07, 6.45) is -0.140. The van der Waals surface area contributed by atoms with Gasteiger partial charge in [-0.15, -0.1) is 11.3 Å². The largest absolute Gasteiger partial charge is 0.419 e. The molecule has 6 heteroatoms. The van der Waals surface area contributed by atoms with Gasteiger partial charge in [0.25, 0.3) is 0 Å². The third kappa shape index (κ3) is 2.71. The van der Waals surface area contributed by atoms with Crippen molar-refractivity contribution >= 4 is 37.1 Å². The monoisotopic (exact) mass is 382 g/mol. The van der Waals surface area contributed by atoms with Gasteiger partial charge in [0.15, 0.2) is 5.82 Å². The van der Waals surface area contributed by atoms with Crippen LogP contribution in [0.5, 0.6) is 0 Å². The Kier molecular flexibility index (Phi) is 4.06. The number of hydrogen-bond acceptors (Lipinski definition) is 1. The summed E-state index contributed by atoms with van der Waals surface area (Å²) in [6.45, 7) is 2.14. The van der Waals surface area contributed by atoms with Gasteiger partial charge in [-0.25, -0.2) is 8.78 Å². The average Bonchev–Trinajstić information content (AvgIpc) is 2.96. The average molecular weight is 382 g/mol. The maximum Gasteiger partial charge on any atom is 0.419 e. The molecule has 136 valence electrons. The summed E-state index contributed by atoms with van der Waals surface area (Å²) in [5.41, 5.74) is 0.0602. The van der Waals surface area contributed by atoms with Gasteiger partial charge >= 0.3 is 6.18 Å². The van der Waals surface area contributed by atoms with Crippen LogP contribution in [0, 0.1) is 17.6 Å². The van der Waals surface area contributed by atoms with Crippen LogP contribution in [0.3, 0.4) is 0 Å². The fraction of sp³-hybridized carbons (Fsp3) is 0.300. The van der Waals surface area contributed by atoms with Crippen molar-refractivity contribution in [1.82, 2.24) is 0 Å². The van der Waals surface area contributed by atoms with Crippen LogP contribution in [-0.2, 0) is 6.18 Å². The second-order valence-electron chi connectivity index (χ2n) is 6.82. The molecule has 1 aromatic heterocycles. The lowest BCUT2D eigenvalue weighted by molar-refractivity contribution is -0.139. The quantitative estimate of drug-likeness (QED) is 0.381. The normalized spacial score (nSPS) is 18.5. The van der Waals surface area contributed by atoms with Crippen LogP contribution >= 0.6 is 11.3 Å². The van der Waals surface area contributed by atoms with E-state index in [9.17, 15) is 17.6 Å². The zero-order chi connectivity index (χ0) is 18.6. The lowest BCUT2D eigenvalue weighted by atomic mass is 9.87. The van der Waals surface area contributed by atoms with E-state index in [1.807, 2.05) is 6.08 Å². The summed E-state index contributed by atoms with van der Waals surface area (Å²) in [4.78, 5) is 0. The van der Waals surface area contributed by atoms with E-state index in [2.05, 4.69) is 6.92 Å². The molecule has 0 saturated carbocycles. The Hall–Kier alpha value is -1.95. The van der Waals surface area contributed by atoms with Gasteiger partial charge in [0.2, 0.25) is 0 Å². The fourth-order valence-corrected chi connectivity index (χ4v) is 4.69. The Morgan fingerprint density at radius 3 is 2.23 bits per heavy atom. The highest BCUT2D eigenvalue weighted by Gasteiger charge is 2.35. The van der Waals surface area contributed by atoms with Gasteiger partial charge in [-0.3, -0.25) is 0 Å². The second kappa shape index (κ2) is 6.05. The molecule has 0 aliphatic heterocycles. The Labute approximate surface area is 150 Å². The molecule has 1 heterocycles. The van der Waals surface area contributed by atoms with E-state index in [4.69, 9.17) is 0 Å². The second-order valence-corrected chi connectivity index (χ2v) is 7.84. The summed E-state index contributed by atoms with van der Waals surface area (Å²) < 4.78 is 68.3. The molecular formula is C20H15F5S. The molecule has 0 fully saturated rings. The molecule has 1 aliphatic rings. The van der Waals surface area contributed by atoms with Gasteiger partial charge in [0.1, 0.15) is 5.82 Å². The Balaban J connectivity index is 1.93.